The van der Waals surface area contributed by atoms with E-state index in [2.05, 4.69) is 37.0 Å². The molecule has 4 atom stereocenters. The van der Waals surface area contributed by atoms with E-state index in [1.165, 1.54) is 6.42 Å². The van der Waals surface area contributed by atoms with Crippen molar-refractivity contribution in [1.29, 1.82) is 0 Å². The Morgan fingerprint density at radius 1 is 1.38 bits per heavy atom. The van der Waals surface area contributed by atoms with Gasteiger partial charge in [0.1, 0.15) is 18.1 Å². The van der Waals surface area contributed by atoms with Crippen molar-refractivity contribution in [2.75, 3.05) is 6.61 Å². The average molecular weight is 350 g/mol. The maximum atomic E-state index is 12.8. The molecule has 0 radical (unpaired) electrons. The number of aromatic amines is 1. The molecule has 2 bridgehead atoms. The van der Waals surface area contributed by atoms with Crippen molar-refractivity contribution in [3.63, 3.8) is 0 Å². The SMILES string of the molecule is C#CCOc1ccc2[nH]c(C(=O)NC3C[C@H]4C[C@@H]([C@@H]3C)C4(C)C)cc2c1. The maximum absolute atomic E-state index is 12.8. The van der Waals surface area contributed by atoms with Crippen molar-refractivity contribution < 1.29 is 9.53 Å². The van der Waals surface area contributed by atoms with Crippen LogP contribution in [0.3, 0.4) is 0 Å². The number of H-pyrrole nitrogens is 1. The van der Waals surface area contributed by atoms with Gasteiger partial charge in [0, 0.05) is 16.9 Å². The van der Waals surface area contributed by atoms with Gasteiger partial charge in [-0.3, -0.25) is 4.79 Å². The van der Waals surface area contributed by atoms with Crippen LogP contribution in [0, 0.1) is 35.5 Å². The molecular weight excluding hydrogens is 324 g/mol. The number of benzene rings is 1. The van der Waals surface area contributed by atoms with Crippen LogP contribution in [0.2, 0.25) is 0 Å². The van der Waals surface area contributed by atoms with E-state index in [0.717, 1.165) is 23.2 Å². The number of amides is 1. The van der Waals surface area contributed by atoms with Gasteiger partial charge in [-0.1, -0.05) is 26.7 Å². The molecule has 4 nitrogen and oxygen atoms in total. The molecule has 1 unspecified atom stereocenters. The number of nitrogens with one attached hydrogen (secondary N) is 2. The summed E-state index contributed by atoms with van der Waals surface area (Å²) in [6.07, 6.45) is 7.63. The van der Waals surface area contributed by atoms with Crippen LogP contribution in [0.25, 0.3) is 10.9 Å². The first-order chi connectivity index (χ1) is 12.4. The number of aromatic nitrogens is 1. The zero-order chi connectivity index (χ0) is 18.5. The first-order valence-electron chi connectivity index (χ1n) is 9.40. The van der Waals surface area contributed by atoms with Gasteiger partial charge in [0.25, 0.3) is 5.91 Å². The molecule has 1 amide bonds. The topological polar surface area (TPSA) is 54.1 Å². The first kappa shape index (κ1) is 17.0. The molecule has 136 valence electrons. The van der Waals surface area contributed by atoms with E-state index in [0.29, 0.717) is 28.7 Å². The molecule has 3 aliphatic rings. The highest BCUT2D eigenvalue weighted by Crippen LogP contribution is 2.61. The third kappa shape index (κ3) is 2.67. The van der Waals surface area contributed by atoms with Crippen molar-refractivity contribution in [3.8, 4) is 18.1 Å². The molecule has 0 saturated heterocycles. The predicted molar refractivity (Wildman–Crippen MR) is 103 cm³/mol. The van der Waals surface area contributed by atoms with E-state index >= 15 is 0 Å². The van der Waals surface area contributed by atoms with Crippen LogP contribution in [0.5, 0.6) is 5.75 Å². The molecule has 3 fully saturated rings. The Bertz CT molecular complexity index is 889. The lowest BCUT2D eigenvalue weighted by molar-refractivity contribution is -0.113. The fraction of sp³-hybridized carbons (Fsp3) is 0.500. The van der Waals surface area contributed by atoms with Gasteiger partial charge in [0.05, 0.1) is 0 Å². The first-order valence-corrected chi connectivity index (χ1v) is 9.40. The fourth-order valence-corrected chi connectivity index (χ4v) is 5.03. The van der Waals surface area contributed by atoms with E-state index in [1.54, 1.807) is 0 Å². The van der Waals surface area contributed by atoms with Gasteiger partial charge in [0.15, 0.2) is 0 Å². The number of ether oxygens (including phenoxy) is 1. The monoisotopic (exact) mass is 350 g/mol. The lowest BCUT2D eigenvalue weighted by Crippen LogP contribution is -2.60. The number of terminal acetylenes is 1. The Morgan fingerprint density at radius 3 is 2.88 bits per heavy atom. The number of hydrogen-bond acceptors (Lipinski definition) is 2. The predicted octanol–water partition coefficient (Wildman–Crippen LogP) is 3.98. The van der Waals surface area contributed by atoms with Crippen LogP contribution in [0.1, 0.15) is 44.1 Å². The van der Waals surface area contributed by atoms with Crippen LogP contribution in [-0.4, -0.2) is 23.5 Å². The van der Waals surface area contributed by atoms with Gasteiger partial charge in [-0.05, 0) is 60.3 Å². The summed E-state index contributed by atoms with van der Waals surface area (Å²) in [6.45, 7) is 7.27. The van der Waals surface area contributed by atoms with Crippen molar-refractivity contribution >= 4 is 16.8 Å². The molecule has 4 heteroatoms. The van der Waals surface area contributed by atoms with Crippen LogP contribution in [-0.2, 0) is 0 Å². The molecule has 0 spiro atoms. The van der Waals surface area contributed by atoms with Gasteiger partial charge in [-0.25, -0.2) is 0 Å². The largest absolute Gasteiger partial charge is 0.481 e. The van der Waals surface area contributed by atoms with Gasteiger partial charge >= 0.3 is 0 Å². The number of rotatable bonds is 4. The lowest BCUT2D eigenvalue weighted by atomic mass is 9.45. The van der Waals surface area contributed by atoms with Crippen LogP contribution in [0.15, 0.2) is 24.3 Å². The highest BCUT2D eigenvalue weighted by Gasteiger charge is 2.56. The molecule has 1 heterocycles. The summed E-state index contributed by atoms with van der Waals surface area (Å²) in [5.74, 6) is 5.11. The van der Waals surface area contributed by atoms with E-state index < -0.39 is 0 Å². The Kier molecular flexibility index (Phi) is 3.99. The summed E-state index contributed by atoms with van der Waals surface area (Å²) >= 11 is 0. The van der Waals surface area contributed by atoms with Crippen molar-refractivity contribution in [2.24, 2.45) is 23.2 Å². The number of fused-ring (bicyclic) bond motifs is 3. The number of carbonyl (C=O) groups is 1. The second-order valence-corrected chi connectivity index (χ2v) is 8.46. The molecule has 0 aliphatic heterocycles. The minimum atomic E-state index is -0.0248. The summed E-state index contributed by atoms with van der Waals surface area (Å²) in [6, 6.07) is 7.82. The summed E-state index contributed by atoms with van der Waals surface area (Å²) in [5, 5.41) is 4.21. The second-order valence-electron chi connectivity index (χ2n) is 8.46. The fourth-order valence-electron chi connectivity index (χ4n) is 5.03. The Labute approximate surface area is 154 Å². The molecule has 5 rings (SSSR count). The second kappa shape index (κ2) is 6.09. The molecule has 1 aromatic heterocycles. The minimum Gasteiger partial charge on any atom is -0.481 e. The smallest absolute Gasteiger partial charge is 0.267 e. The Morgan fingerprint density at radius 2 is 2.19 bits per heavy atom. The van der Waals surface area contributed by atoms with E-state index in [-0.39, 0.29) is 18.6 Å². The van der Waals surface area contributed by atoms with Crippen molar-refractivity contribution in [1.82, 2.24) is 10.3 Å². The minimum absolute atomic E-state index is 0.0248. The van der Waals surface area contributed by atoms with Crippen LogP contribution >= 0.6 is 0 Å². The third-order valence-corrected chi connectivity index (χ3v) is 6.83. The van der Waals surface area contributed by atoms with Gasteiger partial charge in [-0.15, -0.1) is 6.42 Å². The van der Waals surface area contributed by atoms with E-state index in [9.17, 15) is 4.79 Å². The molecule has 1 aromatic carbocycles. The normalized spacial score (nSPS) is 28.8. The molecule has 2 aromatic rings. The number of hydrogen-bond donors (Lipinski definition) is 2. The molecule has 2 N–H and O–H groups in total. The van der Waals surface area contributed by atoms with Crippen molar-refractivity contribution in [3.05, 3.63) is 30.0 Å². The Hall–Kier alpha value is -2.41. The maximum Gasteiger partial charge on any atom is 0.267 e. The molecule has 3 saturated carbocycles. The third-order valence-electron chi connectivity index (χ3n) is 6.83. The Balaban J connectivity index is 1.48. The van der Waals surface area contributed by atoms with E-state index in [1.807, 2.05) is 24.3 Å². The van der Waals surface area contributed by atoms with Crippen LogP contribution in [0.4, 0.5) is 0 Å². The summed E-state index contributed by atoms with van der Waals surface area (Å²) in [7, 11) is 0. The highest BCUT2D eigenvalue weighted by atomic mass is 16.5. The van der Waals surface area contributed by atoms with Gasteiger partial charge in [0.2, 0.25) is 0 Å². The highest BCUT2D eigenvalue weighted by molar-refractivity contribution is 5.98. The average Bonchev–Trinajstić information content (AvgIpc) is 3.04. The quantitative estimate of drug-likeness (QED) is 0.820. The summed E-state index contributed by atoms with van der Waals surface area (Å²) in [4.78, 5) is 16.0. The van der Waals surface area contributed by atoms with Crippen molar-refractivity contribution in [2.45, 2.75) is 39.7 Å². The zero-order valence-electron chi connectivity index (χ0n) is 15.6. The summed E-state index contributed by atoms with van der Waals surface area (Å²) < 4.78 is 5.45. The standard InChI is InChI=1S/C22H26N2O2/c1-5-8-26-16-6-7-18-14(9-16)10-20(23-18)21(25)24-19-12-15-11-17(13(19)2)22(15,3)4/h1,6-7,9-10,13,15,17,19,23H,8,11-12H2,2-4H3,(H,24,25)/t13-,15+,17-,19?/m0/s1. The molecule has 3 aliphatic carbocycles. The van der Waals surface area contributed by atoms with Gasteiger partial charge < -0.3 is 15.0 Å². The van der Waals surface area contributed by atoms with E-state index in [4.69, 9.17) is 11.2 Å². The lowest BCUT2D eigenvalue weighted by Gasteiger charge is -2.62. The number of carbonyl (C=O) groups excluding carboxylic acids is 1. The molecular formula is C22H26N2O2. The summed E-state index contributed by atoms with van der Waals surface area (Å²) in [5.41, 5.74) is 1.94. The molecule has 26 heavy (non-hydrogen) atoms. The zero-order valence-corrected chi connectivity index (χ0v) is 15.6. The van der Waals surface area contributed by atoms with Crippen LogP contribution < -0.4 is 10.1 Å². The van der Waals surface area contributed by atoms with Gasteiger partial charge in [-0.2, -0.15) is 0 Å².